The molecule has 2 aromatic heterocycles. The second kappa shape index (κ2) is 12.1. The number of benzene rings is 1. The highest BCUT2D eigenvalue weighted by Gasteiger charge is 2.30. The Labute approximate surface area is 215 Å². The number of ether oxygens (including phenoxy) is 2. The molecule has 3 aromatic rings. The van der Waals surface area contributed by atoms with Crippen LogP contribution in [-0.2, 0) is 10.9 Å². The number of nitrogens with zero attached hydrogens (tertiary/aromatic N) is 2. The van der Waals surface area contributed by atoms with Crippen molar-refractivity contribution in [1.29, 1.82) is 0 Å². The van der Waals surface area contributed by atoms with Crippen LogP contribution in [0, 0.1) is 0 Å². The number of alkyl halides is 3. The van der Waals surface area contributed by atoms with E-state index >= 15 is 0 Å². The summed E-state index contributed by atoms with van der Waals surface area (Å²) in [5.74, 6) is 1.19. The fourth-order valence-corrected chi connectivity index (χ4v) is 5.14. The van der Waals surface area contributed by atoms with Crippen LogP contribution in [0.3, 0.4) is 0 Å². The van der Waals surface area contributed by atoms with Gasteiger partial charge in [0.1, 0.15) is 4.99 Å². The smallest absolute Gasteiger partial charge is 0.416 e. The number of rotatable bonds is 9. The van der Waals surface area contributed by atoms with Gasteiger partial charge in [0, 0.05) is 35.6 Å². The number of hydrogen-bond donors (Lipinski definition) is 0. The molecule has 0 spiro atoms. The standard InChI is InChI=1S/C25H25F3N2O4S2/c26-25(27,28)17-4-5-18-19(16-17)29-8-6-21(18)36-15-3-1-2-11-33-22-20(31)7-12-34-23(22)24(35)30-9-13-32-14-10-30/h4-8,12,16H,1-3,9-11,13-15H2. The van der Waals surface area contributed by atoms with Crippen molar-refractivity contribution in [2.45, 2.75) is 30.3 Å². The minimum absolute atomic E-state index is 0.129. The molecular formula is C25H25F3N2O4S2. The van der Waals surface area contributed by atoms with Gasteiger partial charge in [-0.1, -0.05) is 18.3 Å². The number of hydrogen-bond acceptors (Lipinski definition) is 7. The molecule has 1 fully saturated rings. The van der Waals surface area contributed by atoms with Crippen molar-refractivity contribution in [3.05, 3.63) is 64.3 Å². The summed E-state index contributed by atoms with van der Waals surface area (Å²) in [5, 5.41) is 0.707. The molecule has 1 aromatic carbocycles. The predicted octanol–water partition coefficient (Wildman–Crippen LogP) is 5.56. The Hall–Kier alpha value is -2.63. The van der Waals surface area contributed by atoms with Gasteiger partial charge in [0.05, 0.1) is 37.2 Å². The molecule has 11 heteroatoms. The number of halogens is 3. The maximum Gasteiger partial charge on any atom is 0.416 e. The molecule has 1 saturated heterocycles. The molecule has 0 unspecified atom stereocenters. The van der Waals surface area contributed by atoms with Gasteiger partial charge in [-0.25, -0.2) is 0 Å². The van der Waals surface area contributed by atoms with Crippen LogP contribution in [0.25, 0.3) is 10.9 Å². The van der Waals surface area contributed by atoms with E-state index in [1.165, 1.54) is 24.6 Å². The van der Waals surface area contributed by atoms with Crippen LogP contribution in [0.1, 0.15) is 30.6 Å². The summed E-state index contributed by atoms with van der Waals surface area (Å²) in [4.78, 5) is 19.7. The molecule has 6 nitrogen and oxygen atoms in total. The highest BCUT2D eigenvalue weighted by atomic mass is 32.2. The Balaban J connectivity index is 1.26. The van der Waals surface area contributed by atoms with Gasteiger partial charge < -0.3 is 18.8 Å². The van der Waals surface area contributed by atoms with Gasteiger partial charge in [-0.05, 0) is 43.2 Å². The van der Waals surface area contributed by atoms with Crippen LogP contribution in [0.4, 0.5) is 13.2 Å². The van der Waals surface area contributed by atoms with Crippen LogP contribution < -0.4 is 10.2 Å². The largest absolute Gasteiger partial charge is 0.486 e. The van der Waals surface area contributed by atoms with Gasteiger partial charge in [0.2, 0.25) is 16.9 Å². The molecule has 3 heterocycles. The predicted molar refractivity (Wildman–Crippen MR) is 136 cm³/mol. The zero-order valence-electron chi connectivity index (χ0n) is 19.4. The molecule has 0 saturated carbocycles. The van der Waals surface area contributed by atoms with E-state index in [4.69, 9.17) is 26.1 Å². The van der Waals surface area contributed by atoms with Gasteiger partial charge in [-0.15, -0.1) is 11.8 Å². The lowest BCUT2D eigenvalue weighted by Crippen LogP contribution is -2.40. The van der Waals surface area contributed by atoms with Crippen molar-refractivity contribution in [3.8, 4) is 5.75 Å². The van der Waals surface area contributed by atoms with E-state index in [0.717, 1.165) is 42.0 Å². The fourth-order valence-electron chi connectivity index (χ4n) is 3.76. The van der Waals surface area contributed by atoms with E-state index < -0.39 is 11.7 Å². The summed E-state index contributed by atoms with van der Waals surface area (Å²) in [5.41, 5.74) is -0.651. The highest BCUT2D eigenvalue weighted by Crippen LogP contribution is 2.34. The number of fused-ring (bicyclic) bond motifs is 1. The minimum atomic E-state index is -4.39. The van der Waals surface area contributed by atoms with E-state index in [1.807, 2.05) is 11.0 Å². The molecule has 0 atom stereocenters. The number of morpholine rings is 1. The van der Waals surface area contributed by atoms with Gasteiger partial charge >= 0.3 is 6.18 Å². The Kier molecular flexibility index (Phi) is 8.86. The average Bonchev–Trinajstić information content (AvgIpc) is 2.88. The first-order valence-electron chi connectivity index (χ1n) is 11.5. The molecule has 0 amide bonds. The van der Waals surface area contributed by atoms with Gasteiger partial charge in [0.15, 0.2) is 0 Å². The SMILES string of the molecule is O=c1ccoc(C(=S)N2CCOCC2)c1OCCCCCSc1ccnc2cc(C(F)(F)F)ccc12. The maximum absolute atomic E-state index is 13.0. The zero-order chi connectivity index (χ0) is 25.5. The second-order valence-electron chi connectivity index (χ2n) is 8.14. The topological polar surface area (TPSA) is 64.8 Å². The van der Waals surface area contributed by atoms with Crippen molar-refractivity contribution in [2.75, 3.05) is 38.7 Å². The molecule has 1 aliphatic heterocycles. The third-order valence-electron chi connectivity index (χ3n) is 5.65. The summed E-state index contributed by atoms with van der Waals surface area (Å²) >= 11 is 7.11. The lowest BCUT2D eigenvalue weighted by atomic mass is 10.1. The first-order valence-corrected chi connectivity index (χ1v) is 12.9. The summed E-state index contributed by atoms with van der Waals surface area (Å²) in [6.45, 7) is 2.73. The molecule has 36 heavy (non-hydrogen) atoms. The number of pyridine rings is 1. The third kappa shape index (κ3) is 6.57. The maximum atomic E-state index is 13.0. The van der Waals surface area contributed by atoms with Crippen molar-refractivity contribution in [3.63, 3.8) is 0 Å². The molecule has 4 rings (SSSR count). The number of aromatic nitrogens is 1. The van der Waals surface area contributed by atoms with Crippen molar-refractivity contribution in [1.82, 2.24) is 9.88 Å². The Bertz CT molecular complexity index is 1260. The lowest BCUT2D eigenvalue weighted by Gasteiger charge is -2.28. The van der Waals surface area contributed by atoms with Crippen molar-refractivity contribution < 1.29 is 27.1 Å². The van der Waals surface area contributed by atoms with Crippen LogP contribution in [0.15, 0.2) is 56.9 Å². The van der Waals surface area contributed by atoms with Crippen LogP contribution in [0.5, 0.6) is 5.75 Å². The molecule has 0 radical (unpaired) electrons. The van der Waals surface area contributed by atoms with E-state index in [2.05, 4.69) is 4.98 Å². The van der Waals surface area contributed by atoms with E-state index in [-0.39, 0.29) is 16.9 Å². The highest BCUT2D eigenvalue weighted by molar-refractivity contribution is 7.99. The monoisotopic (exact) mass is 538 g/mol. The molecule has 0 N–H and O–H groups in total. The molecule has 0 aliphatic carbocycles. The molecular weight excluding hydrogens is 513 g/mol. The van der Waals surface area contributed by atoms with E-state index in [9.17, 15) is 18.0 Å². The summed E-state index contributed by atoms with van der Waals surface area (Å²) in [6.07, 6.45) is 0.918. The Morgan fingerprint density at radius 2 is 1.94 bits per heavy atom. The number of thioether (sulfide) groups is 1. The van der Waals surface area contributed by atoms with E-state index in [0.29, 0.717) is 48.8 Å². The summed E-state index contributed by atoms with van der Waals surface area (Å²) in [7, 11) is 0. The van der Waals surface area contributed by atoms with Gasteiger partial charge in [-0.3, -0.25) is 9.78 Å². The normalized spacial score (nSPS) is 14.2. The van der Waals surface area contributed by atoms with Crippen LogP contribution in [0.2, 0.25) is 0 Å². The third-order valence-corrected chi connectivity index (χ3v) is 7.25. The van der Waals surface area contributed by atoms with Crippen molar-refractivity contribution in [2.24, 2.45) is 0 Å². The fraction of sp³-hybridized carbons (Fsp3) is 0.400. The minimum Gasteiger partial charge on any atom is -0.486 e. The van der Waals surface area contributed by atoms with Crippen LogP contribution >= 0.6 is 24.0 Å². The summed E-state index contributed by atoms with van der Waals surface area (Å²) in [6, 6.07) is 6.77. The Morgan fingerprint density at radius 3 is 2.72 bits per heavy atom. The molecule has 0 bridgehead atoms. The zero-order valence-corrected chi connectivity index (χ0v) is 21.0. The lowest BCUT2D eigenvalue weighted by molar-refractivity contribution is -0.137. The van der Waals surface area contributed by atoms with Gasteiger partial charge in [0.25, 0.3) is 0 Å². The second-order valence-corrected chi connectivity index (χ2v) is 9.67. The van der Waals surface area contributed by atoms with Gasteiger partial charge in [-0.2, -0.15) is 13.2 Å². The Morgan fingerprint density at radius 1 is 1.14 bits per heavy atom. The van der Waals surface area contributed by atoms with Crippen LogP contribution in [-0.4, -0.2) is 53.5 Å². The molecule has 1 aliphatic rings. The summed E-state index contributed by atoms with van der Waals surface area (Å²) < 4.78 is 55.6. The number of thiocarbonyl (C=S) groups is 1. The first kappa shape index (κ1) is 26.4. The van der Waals surface area contributed by atoms with E-state index in [1.54, 1.807) is 11.8 Å². The molecule has 192 valence electrons. The first-order chi connectivity index (χ1) is 17.3. The quantitative estimate of drug-likeness (QED) is 0.200. The number of unbranched alkanes of at least 4 members (excludes halogenated alkanes) is 2. The average molecular weight is 539 g/mol. The van der Waals surface area contributed by atoms with Crippen molar-refractivity contribution >= 4 is 39.9 Å².